The molecule has 1 unspecified atom stereocenters. The van der Waals surface area contributed by atoms with Crippen LogP contribution in [0.2, 0.25) is 0 Å². The van der Waals surface area contributed by atoms with Crippen LogP contribution in [0.1, 0.15) is 17.2 Å². The van der Waals surface area contributed by atoms with Crippen LogP contribution in [0.25, 0.3) is 0 Å². The molecule has 1 N–H and O–H groups in total. The lowest BCUT2D eigenvalue weighted by Crippen LogP contribution is -2.19. The van der Waals surface area contributed by atoms with Gasteiger partial charge in [-0.25, -0.2) is 0 Å². The van der Waals surface area contributed by atoms with Crippen LogP contribution in [0, 0.1) is 0 Å². The van der Waals surface area contributed by atoms with Crippen LogP contribution in [-0.2, 0) is 6.42 Å². The van der Waals surface area contributed by atoms with Crippen LogP contribution < -0.4 is 5.32 Å². The number of halogens is 1. The highest BCUT2D eigenvalue weighted by atomic mass is 79.9. The van der Waals surface area contributed by atoms with E-state index in [0.29, 0.717) is 6.04 Å². The van der Waals surface area contributed by atoms with Crippen LogP contribution in [-0.4, -0.2) is 7.05 Å². The third-order valence-corrected chi connectivity index (χ3v) is 4.10. The van der Waals surface area contributed by atoms with Gasteiger partial charge in [-0.15, -0.1) is 0 Å². The van der Waals surface area contributed by atoms with Crippen molar-refractivity contribution in [2.45, 2.75) is 12.5 Å². The first-order chi connectivity index (χ1) is 7.81. The fraction of sp³-hybridized carbons (Fsp3) is 0.231. The predicted octanol–water partition coefficient (Wildman–Crippen LogP) is 4.01. The number of likely N-dealkylation sites (N-methyl/N-ethyl adjacent to an activating group) is 1. The number of nitrogens with one attached hydrogen (secondary N) is 1. The van der Waals surface area contributed by atoms with E-state index in [4.69, 9.17) is 0 Å². The summed E-state index contributed by atoms with van der Waals surface area (Å²) in [5.41, 5.74) is 2.70. The van der Waals surface area contributed by atoms with Crippen molar-refractivity contribution in [3.05, 3.63) is 56.7 Å². The Labute approximate surface area is 109 Å². The van der Waals surface area contributed by atoms with Crippen LogP contribution in [0.15, 0.2) is 45.6 Å². The summed E-state index contributed by atoms with van der Waals surface area (Å²) in [6.45, 7) is 0. The molecule has 2 aromatic rings. The Bertz CT molecular complexity index is 439. The van der Waals surface area contributed by atoms with Crippen LogP contribution in [0.3, 0.4) is 0 Å². The molecule has 1 heterocycles. The maximum Gasteiger partial charge on any atom is 0.0369 e. The number of rotatable bonds is 4. The van der Waals surface area contributed by atoms with E-state index in [-0.39, 0.29) is 0 Å². The van der Waals surface area contributed by atoms with Crippen molar-refractivity contribution in [1.29, 1.82) is 0 Å². The number of thiophene rings is 1. The smallest absolute Gasteiger partial charge is 0.0369 e. The molecule has 1 aromatic heterocycles. The summed E-state index contributed by atoms with van der Waals surface area (Å²) in [7, 11) is 2.01. The largest absolute Gasteiger partial charge is 0.313 e. The second kappa shape index (κ2) is 5.62. The molecule has 0 saturated carbocycles. The topological polar surface area (TPSA) is 12.0 Å². The van der Waals surface area contributed by atoms with Crippen molar-refractivity contribution in [3.8, 4) is 0 Å². The Hall–Kier alpha value is -0.640. The van der Waals surface area contributed by atoms with Gasteiger partial charge in [0.2, 0.25) is 0 Å². The minimum atomic E-state index is 0.366. The van der Waals surface area contributed by atoms with Crippen molar-refractivity contribution >= 4 is 27.3 Å². The van der Waals surface area contributed by atoms with Gasteiger partial charge in [-0.3, -0.25) is 0 Å². The summed E-state index contributed by atoms with van der Waals surface area (Å²) < 4.78 is 1.17. The van der Waals surface area contributed by atoms with Gasteiger partial charge in [0.1, 0.15) is 0 Å². The van der Waals surface area contributed by atoms with Gasteiger partial charge in [0, 0.05) is 10.5 Å². The molecule has 0 spiro atoms. The second-order valence-electron chi connectivity index (χ2n) is 3.70. The van der Waals surface area contributed by atoms with Crippen molar-refractivity contribution in [2.75, 3.05) is 7.05 Å². The molecule has 1 nitrogen and oxygen atoms in total. The molecule has 0 aliphatic carbocycles. The van der Waals surface area contributed by atoms with Crippen molar-refractivity contribution in [1.82, 2.24) is 5.32 Å². The first-order valence-corrected chi connectivity index (χ1v) is 6.97. The molecule has 0 saturated heterocycles. The zero-order valence-electron chi connectivity index (χ0n) is 9.11. The molecule has 0 radical (unpaired) electrons. The maximum absolute atomic E-state index is 3.60. The monoisotopic (exact) mass is 295 g/mol. The van der Waals surface area contributed by atoms with Gasteiger partial charge in [-0.2, -0.15) is 11.3 Å². The fourth-order valence-electron chi connectivity index (χ4n) is 1.77. The fourth-order valence-corrected chi connectivity index (χ4v) is 3.01. The van der Waals surface area contributed by atoms with Crippen LogP contribution in [0.4, 0.5) is 0 Å². The molecule has 16 heavy (non-hydrogen) atoms. The standard InChI is InChI=1S/C13H14BrNS/c1-15-13(8-10-6-7-16-9-10)11-4-2-3-5-12(11)14/h2-7,9,13,15H,8H2,1H3. The lowest BCUT2D eigenvalue weighted by molar-refractivity contribution is 0.590. The van der Waals surface area contributed by atoms with Crippen LogP contribution in [0.5, 0.6) is 0 Å². The SMILES string of the molecule is CNC(Cc1ccsc1)c1ccccc1Br. The molecule has 0 amide bonds. The van der Waals surface area contributed by atoms with Gasteiger partial charge in [-0.1, -0.05) is 34.1 Å². The van der Waals surface area contributed by atoms with Crippen LogP contribution >= 0.6 is 27.3 Å². The lowest BCUT2D eigenvalue weighted by atomic mass is 10.0. The van der Waals surface area contributed by atoms with E-state index in [1.165, 1.54) is 15.6 Å². The van der Waals surface area contributed by atoms with E-state index in [2.05, 4.69) is 56.3 Å². The van der Waals surface area contributed by atoms with Gasteiger partial charge in [0.15, 0.2) is 0 Å². The van der Waals surface area contributed by atoms with Crippen molar-refractivity contribution in [3.63, 3.8) is 0 Å². The van der Waals surface area contributed by atoms with E-state index < -0.39 is 0 Å². The highest BCUT2D eigenvalue weighted by molar-refractivity contribution is 9.10. The van der Waals surface area contributed by atoms with Gasteiger partial charge in [-0.05, 0) is 47.5 Å². The Morgan fingerprint density at radius 1 is 1.31 bits per heavy atom. The second-order valence-corrected chi connectivity index (χ2v) is 5.33. The Kier molecular flexibility index (Phi) is 4.16. The average Bonchev–Trinajstić information content (AvgIpc) is 2.80. The highest BCUT2D eigenvalue weighted by Gasteiger charge is 2.12. The third-order valence-electron chi connectivity index (χ3n) is 2.65. The molecule has 3 heteroatoms. The molecule has 1 aromatic carbocycles. The summed E-state index contributed by atoms with van der Waals surface area (Å²) in [6, 6.07) is 10.9. The zero-order chi connectivity index (χ0) is 11.4. The molecular weight excluding hydrogens is 282 g/mol. The van der Waals surface area contributed by atoms with E-state index in [0.717, 1.165) is 6.42 Å². The number of benzene rings is 1. The van der Waals surface area contributed by atoms with E-state index in [1.54, 1.807) is 11.3 Å². The molecule has 0 aliphatic rings. The van der Waals surface area contributed by atoms with Gasteiger partial charge < -0.3 is 5.32 Å². The molecule has 0 fully saturated rings. The van der Waals surface area contributed by atoms with Gasteiger partial charge in [0.25, 0.3) is 0 Å². The van der Waals surface area contributed by atoms with E-state index >= 15 is 0 Å². The number of hydrogen-bond acceptors (Lipinski definition) is 2. The molecule has 0 bridgehead atoms. The summed E-state index contributed by atoms with van der Waals surface area (Å²) in [6.07, 6.45) is 1.03. The van der Waals surface area contributed by atoms with Crippen molar-refractivity contribution in [2.24, 2.45) is 0 Å². The first-order valence-electron chi connectivity index (χ1n) is 5.24. The normalized spacial score (nSPS) is 12.6. The van der Waals surface area contributed by atoms with Gasteiger partial charge in [0.05, 0.1) is 0 Å². The maximum atomic E-state index is 3.60. The predicted molar refractivity (Wildman–Crippen MR) is 74.0 cm³/mol. The summed E-state index contributed by atoms with van der Waals surface area (Å²) >= 11 is 5.36. The summed E-state index contributed by atoms with van der Waals surface area (Å²) in [5, 5.41) is 7.71. The first kappa shape index (κ1) is 11.8. The molecule has 2 rings (SSSR count). The summed E-state index contributed by atoms with van der Waals surface area (Å²) in [4.78, 5) is 0. The average molecular weight is 296 g/mol. The molecular formula is C13H14BrNS. The Morgan fingerprint density at radius 3 is 2.75 bits per heavy atom. The quantitative estimate of drug-likeness (QED) is 0.898. The molecule has 84 valence electrons. The lowest BCUT2D eigenvalue weighted by Gasteiger charge is -2.17. The minimum Gasteiger partial charge on any atom is -0.313 e. The third kappa shape index (κ3) is 2.73. The molecule has 1 atom stereocenters. The highest BCUT2D eigenvalue weighted by Crippen LogP contribution is 2.26. The minimum absolute atomic E-state index is 0.366. The molecule has 0 aliphatic heterocycles. The number of hydrogen-bond donors (Lipinski definition) is 1. The Balaban J connectivity index is 2.20. The summed E-state index contributed by atoms with van der Waals surface area (Å²) in [5.74, 6) is 0. The Morgan fingerprint density at radius 2 is 2.12 bits per heavy atom. The van der Waals surface area contributed by atoms with E-state index in [1.807, 2.05) is 13.1 Å². The van der Waals surface area contributed by atoms with Gasteiger partial charge >= 0.3 is 0 Å². The van der Waals surface area contributed by atoms with Crippen molar-refractivity contribution < 1.29 is 0 Å². The van der Waals surface area contributed by atoms with E-state index in [9.17, 15) is 0 Å². The zero-order valence-corrected chi connectivity index (χ0v) is 11.5.